The van der Waals surface area contributed by atoms with Crippen molar-refractivity contribution in [2.24, 2.45) is 0 Å². The Morgan fingerprint density at radius 3 is 2.65 bits per heavy atom. The quantitative estimate of drug-likeness (QED) is 0.693. The van der Waals surface area contributed by atoms with Gasteiger partial charge in [-0.2, -0.15) is 0 Å². The minimum atomic E-state index is -0.697. The van der Waals surface area contributed by atoms with E-state index in [-0.39, 0.29) is 5.82 Å². The van der Waals surface area contributed by atoms with Crippen LogP contribution < -0.4 is 0 Å². The molecule has 1 aromatic carbocycles. The molecule has 0 saturated carbocycles. The van der Waals surface area contributed by atoms with Gasteiger partial charge < -0.3 is 5.11 Å². The van der Waals surface area contributed by atoms with Gasteiger partial charge in [0.15, 0.2) is 0 Å². The van der Waals surface area contributed by atoms with Gasteiger partial charge in [0, 0.05) is 17.8 Å². The van der Waals surface area contributed by atoms with Gasteiger partial charge in [0.25, 0.3) is 0 Å². The van der Waals surface area contributed by atoms with Crippen LogP contribution in [-0.4, -0.2) is 5.11 Å². The van der Waals surface area contributed by atoms with Crippen LogP contribution >= 0.6 is 49.9 Å². The van der Waals surface area contributed by atoms with Gasteiger partial charge in [0.05, 0.1) is 0 Å². The van der Waals surface area contributed by atoms with Crippen molar-refractivity contribution < 1.29 is 9.50 Å². The molecule has 1 N–H and O–H groups in total. The summed E-state index contributed by atoms with van der Waals surface area (Å²) < 4.78 is 14.7. The van der Waals surface area contributed by atoms with Crippen molar-refractivity contribution in [1.29, 1.82) is 0 Å². The van der Waals surface area contributed by atoms with Crippen LogP contribution in [0, 0.1) is 16.3 Å². The van der Waals surface area contributed by atoms with E-state index in [4.69, 9.17) is 0 Å². The predicted octanol–water partition coefficient (Wildman–Crippen LogP) is 4.64. The molecule has 0 fully saturated rings. The van der Waals surface area contributed by atoms with E-state index in [1.165, 1.54) is 23.5 Å². The number of hydrogen-bond acceptors (Lipinski definition) is 2. The van der Waals surface area contributed by atoms with E-state index in [1.807, 2.05) is 35.6 Å². The Labute approximate surface area is 125 Å². The molecule has 1 aromatic heterocycles. The first kappa shape index (κ1) is 13.5. The highest BCUT2D eigenvalue weighted by molar-refractivity contribution is 14.1. The topological polar surface area (TPSA) is 20.2 Å². The molecule has 0 saturated heterocycles. The van der Waals surface area contributed by atoms with E-state index >= 15 is 0 Å². The lowest BCUT2D eigenvalue weighted by Gasteiger charge is -2.11. The molecular weight excluding hydrogens is 418 g/mol. The highest BCUT2D eigenvalue weighted by Crippen LogP contribution is 2.35. The van der Waals surface area contributed by atoms with Crippen LogP contribution in [0.15, 0.2) is 28.7 Å². The zero-order valence-corrected chi connectivity index (χ0v) is 13.4. The van der Waals surface area contributed by atoms with Crippen molar-refractivity contribution in [1.82, 2.24) is 0 Å². The summed E-state index contributed by atoms with van der Waals surface area (Å²) in [4.78, 5) is 1.98. The summed E-state index contributed by atoms with van der Waals surface area (Å²) in [5.41, 5.74) is 0.737. The summed E-state index contributed by atoms with van der Waals surface area (Å²) in [6.07, 6.45) is -0.697. The Kier molecular flexibility index (Phi) is 4.22. The summed E-state index contributed by atoms with van der Waals surface area (Å²) in [5, 5.41) is 10.3. The highest BCUT2D eigenvalue weighted by Gasteiger charge is 2.17. The minimum absolute atomic E-state index is 0.283. The smallest absolute Gasteiger partial charge is 0.124 e. The second kappa shape index (κ2) is 5.34. The van der Waals surface area contributed by atoms with Gasteiger partial charge in [-0.25, -0.2) is 4.39 Å². The van der Waals surface area contributed by atoms with E-state index in [0.29, 0.717) is 0 Å². The number of rotatable bonds is 2. The number of aliphatic hydroxyl groups excluding tert-OH is 1. The maximum Gasteiger partial charge on any atom is 0.124 e. The number of hydrogen-bond donors (Lipinski definition) is 1. The van der Waals surface area contributed by atoms with E-state index in [1.54, 1.807) is 6.07 Å². The fraction of sp³-hybridized carbons (Fsp3) is 0.167. The largest absolute Gasteiger partial charge is 0.383 e. The van der Waals surface area contributed by atoms with E-state index in [2.05, 4.69) is 15.9 Å². The molecule has 0 spiro atoms. The van der Waals surface area contributed by atoms with Gasteiger partial charge in [-0.1, -0.05) is 6.07 Å². The Balaban J connectivity index is 2.39. The zero-order chi connectivity index (χ0) is 12.6. The number of aryl methyl sites for hydroxylation is 1. The van der Waals surface area contributed by atoms with Crippen molar-refractivity contribution in [2.45, 2.75) is 13.0 Å². The first-order chi connectivity index (χ1) is 7.99. The Hall–Kier alpha value is 0.0200. The molecule has 0 aliphatic rings. The molecule has 5 heteroatoms. The maximum atomic E-state index is 13.0. The van der Waals surface area contributed by atoms with Gasteiger partial charge >= 0.3 is 0 Å². The van der Waals surface area contributed by atoms with Crippen LogP contribution in [0.3, 0.4) is 0 Å². The third-order valence-electron chi connectivity index (χ3n) is 2.40. The molecule has 0 aliphatic heterocycles. The molecule has 2 aromatic rings. The van der Waals surface area contributed by atoms with Crippen molar-refractivity contribution in [3.05, 3.63) is 53.4 Å². The molecular formula is C12H9BrFIOS. The SMILES string of the molecule is Cc1sc(C(O)c2ccc(F)cc2I)cc1Br. The first-order valence-electron chi connectivity index (χ1n) is 4.88. The third kappa shape index (κ3) is 2.89. The zero-order valence-electron chi connectivity index (χ0n) is 8.88. The van der Waals surface area contributed by atoms with Gasteiger partial charge in [-0.15, -0.1) is 11.3 Å². The van der Waals surface area contributed by atoms with Gasteiger partial charge in [-0.3, -0.25) is 0 Å². The Bertz CT molecular complexity index is 536. The molecule has 90 valence electrons. The van der Waals surface area contributed by atoms with Crippen LogP contribution in [-0.2, 0) is 0 Å². The second-order valence-electron chi connectivity index (χ2n) is 3.62. The number of thiophene rings is 1. The summed E-state index contributed by atoms with van der Waals surface area (Å²) in [7, 11) is 0. The maximum absolute atomic E-state index is 13.0. The van der Waals surface area contributed by atoms with Crippen molar-refractivity contribution in [2.75, 3.05) is 0 Å². The second-order valence-corrected chi connectivity index (χ2v) is 6.93. The number of aliphatic hydroxyl groups is 1. The fourth-order valence-corrected chi connectivity index (χ4v) is 3.83. The van der Waals surface area contributed by atoms with E-state index in [0.717, 1.165) is 23.4 Å². The molecule has 17 heavy (non-hydrogen) atoms. The molecule has 0 bridgehead atoms. The molecule has 2 rings (SSSR count). The standard InChI is InChI=1S/C12H9BrFIOS/c1-6-9(13)5-11(17-6)12(16)8-3-2-7(14)4-10(8)15/h2-5,12,16H,1H3. The van der Waals surface area contributed by atoms with Crippen LogP contribution in [0.5, 0.6) is 0 Å². The molecule has 1 heterocycles. The van der Waals surface area contributed by atoms with Crippen molar-refractivity contribution >= 4 is 49.9 Å². The lowest BCUT2D eigenvalue weighted by atomic mass is 10.1. The summed E-state index contributed by atoms with van der Waals surface area (Å²) >= 11 is 7.00. The fourth-order valence-electron chi connectivity index (χ4n) is 1.49. The molecule has 0 aliphatic carbocycles. The Morgan fingerprint density at radius 1 is 1.41 bits per heavy atom. The highest BCUT2D eigenvalue weighted by atomic mass is 127. The Morgan fingerprint density at radius 2 is 2.12 bits per heavy atom. The van der Waals surface area contributed by atoms with Crippen LogP contribution in [0.25, 0.3) is 0 Å². The van der Waals surface area contributed by atoms with Crippen LogP contribution in [0.4, 0.5) is 4.39 Å². The monoisotopic (exact) mass is 426 g/mol. The summed E-state index contributed by atoms with van der Waals surface area (Å²) in [6.45, 7) is 1.99. The predicted molar refractivity (Wildman–Crippen MR) is 79.9 cm³/mol. The number of benzene rings is 1. The molecule has 1 nitrogen and oxygen atoms in total. The van der Waals surface area contributed by atoms with Gasteiger partial charge in [0.2, 0.25) is 0 Å². The molecule has 0 radical (unpaired) electrons. The minimum Gasteiger partial charge on any atom is -0.383 e. The summed E-state index contributed by atoms with van der Waals surface area (Å²) in [6, 6.07) is 6.33. The average molecular weight is 427 g/mol. The average Bonchev–Trinajstić information content (AvgIpc) is 2.58. The lowest BCUT2D eigenvalue weighted by molar-refractivity contribution is 0.223. The first-order valence-corrected chi connectivity index (χ1v) is 7.56. The van der Waals surface area contributed by atoms with E-state index in [9.17, 15) is 9.50 Å². The molecule has 0 amide bonds. The van der Waals surface area contributed by atoms with Crippen LogP contribution in [0.2, 0.25) is 0 Å². The molecule has 1 unspecified atom stereocenters. The van der Waals surface area contributed by atoms with Gasteiger partial charge in [-0.05, 0) is 69.2 Å². The van der Waals surface area contributed by atoms with E-state index < -0.39 is 6.10 Å². The lowest BCUT2D eigenvalue weighted by Crippen LogP contribution is -2.00. The summed E-state index contributed by atoms with van der Waals surface area (Å²) in [5.74, 6) is -0.283. The molecule has 1 atom stereocenters. The normalized spacial score (nSPS) is 12.8. The third-order valence-corrected chi connectivity index (χ3v) is 5.53. The van der Waals surface area contributed by atoms with Crippen LogP contribution in [0.1, 0.15) is 21.4 Å². The van der Waals surface area contributed by atoms with Gasteiger partial charge in [0.1, 0.15) is 11.9 Å². The van der Waals surface area contributed by atoms with Crippen molar-refractivity contribution in [3.8, 4) is 0 Å². The number of halogens is 3. The van der Waals surface area contributed by atoms with Crippen molar-refractivity contribution in [3.63, 3.8) is 0 Å².